The molecule has 2 rings (SSSR count). The van der Waals surface area contributed by atoms with E-state index in [0.29, 0.717) is 6.42 Å². The molecule has 0 saturated carbocycles. The predicted molar refractivity (Wildman–Crippen MR) is 63.9 cm³/mol. The highest BCUT2D eigenvalue weighted by Gasteiger charge is 2.17. The van der Waals surface area contributed by atoms with Crippen molar-refractivity contribution in [3.05, 3.63) is 22.7 Å². The highest BCUT2D eigenvalue weighted by Crippen LogP contribution is 2.11. The number of carbonyl (C=O) groups excluding carboxylic acids is 1. The Labute approximate surface area is 103 Å². The van der Waals surface area contributed by atoms with Crippen LogP contribution in [-0.2, 0) is 11.2 Å². The van der Waals surface area contributed by atoms with E-state index in [1.165, 1.54) is 0 Å². The number of amides is 1. The van der Waals surface area contributed by atoms with Crippen LogP contribution in [-0.4, -0.2) is 33.9 Å². The minimum absolute atomic E-state index is 0.265. The number of aromatic nitrogens is 2. The zero-order chi connectivity index (χ0) is 11.4. The number of nitrogens with zero attached hydrogens (tertiary/aromatic N) is 3. The Hall–Kier alpha value is -0.970. The molecule has 0 unspecified atom stereocenters. The van der Waals surface area contributed by atoms with Gasteiger partial charge in [0.2, 0.25) is 5.91 Å². The third-order valence-corrected chi connectivity index (χ3v) is 3.14. The summed E-state index contributed by atoms with van der Waals surface area (Å²) in [5.41, 5.74) is 0. The number of halogens is 1. The van der Waals surface area contributed by atoms with E-state index < -0.39 is 0 Å². The quantitative estimate of drug-likeness (QED) is 0.795. The van der Waals surface area contributed by atoms with Gasteiger partial charge in [0, 0.05) is 32.1 Å². The van der Waals surface area contributed by atoms with Crippen LogP contribution >= 0.6 is 15.9 Å². The molecule has 0 aliphatic carbocycles. The van der Waals surface area contributed by atoms with Gasteiger partial charge in [0.05, 0.1) is 0 Å². The van der Waals surface area contributed by atoms with Crippen molar-refractivity contribution in [3.8, 4) is 0 Å². The van der Waals surface area contributed by atoms with Crippen molar-refractivity contribution >= 4 is 21.8 Å². The van der Waals surface area contributed by atoms with Gasteiger partial charge >= 0.3 is 0 Å². The highest BCUT2D eigenvalue weighted by molar-refractivity contribution is 9.10. The molecule has 86 valence electrons. The number of hydrogen-bond acceptors (Lipinski definition) is 3. The molecule has 16 heavy (non-hydrogen) atoms. The van der Waals surface area contributed by atoms with Gasteiger partial charge in [0.15, 0.2) is 0 Å². The summed E-state index contributed by atoms with van der Waals surface area (Å²) in [6, 6.07) is 1.80. The SMILES string of the molecule is O=C1CCCCN1CCc1nccc(Br)n1. The van der Waals surface area contributed by atoms with Crippen molar-refractivity contribution in [2.45, 2.75) is 25.7 Å². The predicted octanol–water partition coefficient (Wildman–Crippen LogP) is 1.79. The molecule has 1 fully saturated rings. The fourth-order valence-corrected chi connectivity index (χ4v) is 2.15. The first-order chi connectivity index (χ1) is 7.75. The number of carbonyl (C=O) groups is 1. The highest BCUT2D eigenvalue weighted by atomic mass is 79.9. The molecule has 4 nitrogen and oxygen atoms in total. The number of likely N-dealkylation sites (tertiary alicyclic amines) is 1. The fraction of sp³-hybridized carbons (Fsp3) is 0.545. The van der Waals surface area contributed by atoms with E-state index in [0.717, 1.165) is 42.8 Å². The van der Waals surface area contributed by atoms with Gasteiger partial charge < -0.3 is 4.90 Å². The molecule has 0 bridgehead atoms. The zero-order valence-corrected chi connectivity index (χ0v) is 10.6. The topological polar surface area (TPSA) is 46.1 Å². The van der Waals surface area contributed by atoms with E-state index in [9.17, 15) is 4.79 Å². The lowest BCUT2D eigenvalue weighted by atomic mass is 10.1. The van der Waals surface area contributed by atoms with Gasteiger partial charge in [-0.05, 0) is 34.8 Å². The molecule has 0 N–H and O–H groups in total. The van der Waals surface area contributed by atoms with Crippen LogP contribution < -0.4 is 0 Å². The number of rotatable bonds is 3. The molecule has 1 aliphatic heterocycles. The van der Waals surface area contributed by atoms with Crippen LogP contribution in [0.15, 0.2) is 16.9 Å². The third kappa shape index (κ3) is 3.01. The van der Waals surface area contributed by atoms with Crippen LogP contribution in [0.5, 0.6) is 0 Å². The first kappa shape index (κ1) is 11.5. The number of hydrogen-bond donors (Lipinski definition) is 0. The molecular weight excluding hydrogens is 270 g/mol. The molecule has 0 atom stereocenters. The lowest BCUT2D eigenvalue weighted by Gasteiger charge is -2.26. The minimum Gasteiger partial charge on any atom is -0.342 e. The normalized spacial score (nSPS) is 16.6. The summed E-state index contributed by atoms with van der Waals surface area (Å²) in [6.45, 7) is 1.61. The summed E-state index contributed by atoms with van der Waals surface area (Å²) in [5, 5.41) is 0. The van der Waals surface area contributed by atoms with Crippen molar-refractivity contribution in [2.24, 2.45) is 0 Å². The summed E-state index contributed by atoms with van der Waals surface area (Å²) in [5.74, 6) is 1.05. The largest absolute Gasteiger partial charge is 0.342 e. The van der Waals surface area contributed by atoms with Crippen molar-refractivity contribution < 1.29 is 4.79 Å². The van der Waals surface area contributed by atoms with Gasteiger partial charge in [-0.25, -0.2) is 9.97 Å². The van der Waals surface area contributed by atoms with E-state index in [1.54, 1.807) is 12.3 Å². The Morgan fingerprint density at radius 3 is 3.06 bits per heavy atom. The second-order valence-corrected chi connectivity index (χ2v) is 4.70. The monoisotopic (exact) mass is 283 g/mol. The van der Waals surface area contributed by atoms with Crippen molar-refractivity contribution in [1.29, 1.82) is 0 Å². The second kappa shape index (κ2) is 5.39. The maximum Gasteiger partial charge on any atom is 0.222 e. The maximum absolute atomic E-state index is 11.6. The van der Waals surface area contributed by atoms with Crippen molar-refractivity contribution in [3.63, 3.8) is 0 Å². The summed E-state index contributed by atoms with van der Waals surface area (Å²) in [7, 11) is 0. The fourth-order valence-electron chi connectivity index (χ4n) is 1.83. The average molecular weight is 284 g/mol. The van der Waals surface area contributed by atoms with Gasteiger partial charge in [0.25, 0.3) is 0 Å². The number of piperidine rings is 1. The van der Waals surface area contributed by atoms with Gasteiger partial charge in [-0.3, -0.25) is 4.79 Å². The van der Waals surface area contributed by atoms with Crippen LogP contribution in [0.25, 0.3) is 0 Å². The Morgan fingerprint density at radius 2 is 2.31 bits per heavy atom. The van der Waals surface area contributed by atoms with E-state index in [4.69, 9.17) is 0 Å². The average Bonchev–Trinajstić information content (AvgIpc) is 2.28. The third-order valence-electron chi connectivity index (χ3n) is 2.70. The molecule has 1 aromatic rings. The van der Waals surface area contributed by atoms with Crippen molar-refractivity contribution in [1.82, 2.24) is 14.9 Å². The Balaban J connectivity index is 1.89. The van der Waals surface area contributed by atoms with Crippen LogP contribution in [0.4, 0.5) is 0 Å². The Bertz CT molecular complexity index is 383. The molecular formula is C11H14BrN3O. The van der Waals surface area contributed by atoms with Crippen LogP contribution in [0.2, 0.25) is 0 Å². The lowest BCUT2D eigenvalue weighted by Crippen LogP contribution is -2.36. The Kier molecular flexibility index (Phi) is 3.88. The van der Waals surface area contributed by atoms with Crippen LogP contribution in [0.3, 0.4) is 0 Å². The molecule has 1 saturated heterocycles. The van der Waals surface area contributed by atoms with E-state index >= 15 is 0 Å². The molecule has 0 aromatic carbocycles. The second-order valence-electron chi connectivity index (χ2n) is 3.88. The molecule has 1 aromatic heterocycles. The molecule has 5 heteroatoms. The van der Waals surface area contributed by atoms with E-state index in [-0.39, 0.29) is 5.91 Å². The first-order valence-electron chi connectivity index (χ1n) is 5.51. The van der Waals surface area contributed by atoms with Gasteiger partial charge in [-0.2, -0.15) is 0 Å². The van der Waals surface area contributed by atoms with Crippen molar-refractivity contribution in [2.75, 3.05) is 13.1 Å². The summed E-state index contributed by atoms with van der Waals surface area (Å²) >= 11 is 3.31. The van der Waals surface area contributed by atoms with Crippen LogP contribution in [0, 0.1) is 0 Å². The molecule has 0 spiro atoms. The summed E-state index contributed by atoms with van der Waals surface area (Å²) in [6.07, 6.45) is 5.29. The standard InChI is InChI=1S/C11H14BrN3O/c12-9-4-6-13-10(14-9)5-8-15-7-2-1-3-11(15)16/h4,6H,1-3,5,7-8H2. The minimum atomic E-state index is 0.265. The van der Waals surface area contributed by atoms with Crippen LogP contribution in [0.1, 0.15) is 25.1 Å². The van der Waals surface area contributed by atoms with E-state index in [1.807, 2.05) is 4.90 Å². The summed E-state index contributed by atoms with van der Waals surface area (Å²) in [4.78, 5) is 21.9. The molecule has 2 heterocycles. The Morgan fingerprint density at radius 1 is 1.44 bits per heavy atom. The van der Waals surface area contributed by atoms with Gasteiger partial charge in [-0.15, -0.1) is 0 Å². The summed E-state index contributed by atoms with van der Waals surface area (Å²) < 4.78 is 0.794. The van der Waals surface area contributed by atoms with Gasteiger partial charge in [-0.1, -0.05) is 0 Å². The first-order valence-corrected chi connectivity index (χ1v) is 6.30. The molecule has 1 amide bonds. The lowest BCUT2D eigenvalue weighted by molar-refractivity contribution is -0.133. The smallest absolute Gasteiger partial charge is 0.222 e. The zero-order valence-electron chi connectivity index (χ0n) is 9.03. The van der Waals surface area contributed by atoms with Gasteiger partial charge in [0.1, 0.15) is 10.4 Å². The maximum atomic E-state index is 11.6. The molecule has 0 radical (unpaired) electrons. The van der Waals surface area contributed by atoms with E-state index in [2.05, 4.69) is 25.9 Å². The molecule has 1 aliphatic rings.